The van der Waals surface area contributed by atoms with Crippen LogP contribution in [0, 0.1) is 6.92 Å². The SMILES string of the molecule is Cc1cnc(CNc2ncnc(NN)c2Br)o1. The molecule has 2 aromatic heterocycles. The summed E-state index contributed by atoms with van der Waals surface area (Å²) in [5.74, 6) is 7.79. The predicted molar refractivity (Wildman–Crippen MR) is 66.1 cm³/mol. The third-order valence-electron chi connectivity index (χ3n) is 2.00. The van der Waals surface area contributed by atoms with E-state index in [1.54, 1.807) is 6.20 Å². The molecule has 4 N–H and O–H groups in total. The lowest BCUT2D eigenvalue weighted by atomic mass is 10.5. The minimum Gasteiger partial charge on any atom is -0.444 e. The van der Waals surface area contributed by atoms with Gasteiger partial charge in [0, 0.05) is 0 Å². The number of hydrogen-bond donors (Lipinski definition) is 3. The fraction of sp³-hybridized carbons (Fsp3) is 0.222. The highest BCUT2D eigenvalue weighted by molar-refractivity contribution is 9.10. The molecule has 17 heavy (non-hydrogen) atoms. The Balaban J connectivity index is 2.09. The Bertz CT molecular complexity index is 514. The van der Waals surface area contributed by atoms with Crippen molar-refractivity contribution >= 4 is 27.6 Å². The molecule has 7 nitrogen and oxygen atoms in total. The van der Waals surface area contributed by atoms with E-state index in [9.17, 15) is 0 Å². The van der Waals surface area contributed by atoms with E-state index in [0.717, 1.165) is 5.76 Å². The van der Waals surface area contributed by atoms with Crippen molar-refractivity contribution in [3.63, 3.8) is 0 Å². The van der Waals surface area contributed by atoms with E-state index in [0.29, 0.717) is 28.5 Å². The molecule has 0 atom stereocenters. The summed E-state index contributed by atoms with van der Waals surface area (Å²) in [4.78, 5) is 12.1. The number of hydrazine groups is 1. The van der Waals surface area contributed by atoms with Crippen molar-refractivity contribution in [3.05, 3.63) is 28.6 Å². The highest BCUT2D eigenvalue weighted by Crippen LogP contribution is 2.25. The Kier molecular flexibility index (Phi) is 3.55. The molecule has 0 aliphatic carbocycles. The Labute approximate surface area is 106 Å². The molecule has 0 aliphatic rings. The molecule has 0 fully saturated rings. The number of nitrogens with one attached hydrogen (secondary N) is 2. The van der Waals surface area contributed by atoms with Gasteiger partial charge in [-0.15, -0.1) is 0 Å². The second-order valence-corrected chi connectivity index (χ2v) is 4.04. The number of rotatable bonds is 4. The van der Waals surface area contributed by atoms with Crippen molar-refractivity contribution in [2.24, 2.45) is 5.84 Å². The molecule has 0 bridgehead atoms. The van der Waals surface area contributed by atoms with Crippen LogP contribution in [0.4, 0.5) is 11.6 Å². The van der Waals surface area contributed by atoms with Crippen molar-refractivity contribution in [3.8, 4) is 0 Å². The summed E-state index contributed by atoms with van der Waals surface area (Å²) >= 11 is 3.34. The molecule has 90 valence electrons. The fourth-order valence-corrected chi connectivity index (χ4v) is 1.70. The van der Waals surface area contributed by atoms with Gasteiger partial charge in [-0.25, -0.2) is 20.8 Å². The third kappa shape index (κ3) is 2.71. The molecule has 2 rings (SSSR count). The van der Waals surface area contributed by atoms with E-state index in [1.807, 2.05) is 6.92 Å². The highest BCUT2D eigenvalue weighted by Gasteiger charge is 2.08. The van der Waals surface area contributed by atoms with Crippen LogP contribution in [-0.4, -0.2) is 15.0 Å². The number of aromatic nitrogens is 3. The first-order valence-corrected chi connectivity index (χ1v) is 5.62. The molecule has 0 aliphatic heterocycles. The molecule has 0 radical (unpaired) electrons. The van der Waals surface area contributed by atoms with E-state index in [2.05, 4.69) is 41.6 Å². The highest BCUT2D eigenvalue weighted by atomic mass is 79.9. The summed E-state index contributed by atoms with van der Waals surface area (Å²) in [5.41, 5.74) is 2.46. The Morgan fingerprint density at radius 3 is 2.76 bits per heavy atom. The van der Waals surface area contributed by atoms with Crippen LogP contribution in [0.5, 0.6) is 0 Å². The summed E-state index contributed by atoms with van der Waals surface area (Å²) < 4.78 is 5.99. The van der Waals surface area contributed by atoms with Crippen LogP contribution < -0.4 is 16.6 Å². The Morgan fingerprint density at radius 2 is 2.12 bits per heavy atom. The summed E-state index contributed by atoms with van der Waals surface area (Å²) in [6, 6.07) is 0. The first-order valence-electron chi connectivity index (χ1n) is 4.83. The van der Waals surface area contributed by atoms with E-state index < -0.39 is 0 Å². The van der Waals surface area contributed by atoms with Crippen LogP contribution in [0.2, 0.25) is 0 Å². The monoisotopic (exact) mass is 298 g/mol. The van der Waals surface area contributed by atoms with Crippen LogP contribution in [0.3, 0.4) is 0 Å². The predicted octanol–water partition coefficient (Wildman–Crippen LogP) is 1.43. The first kappa shape index (κ1) is 11.8. The third-order valence-corrected chi connectivity index (χ3v) is 2.75. The van der Waals surface area contributed by atoms with E-state index in [-0.39, 0.29) is 0 Å². The number of nitrogens with two attached hydrogens (primary N) is 1. The van der Waals surface area contributed by atoms with Crippen molar-refractivity contribution in [1.82, 2.24) is 15.0 Å². The van der Waals surface area contributed by atoms with Gasteiger partial charge < -0.3 is 15.2 Å². The summed E-state index contributed by atoms with van der Waals surface area (Å²) in [7, 11) is 0. The summed E-state index contributed by atoms with van der Waals surface area (Å²) in [6.07, 6.45) is 3.07. The molecule has 0 unspecified atom stereocenters. The largest absolute Gasteiger partial charge is 0.444 e. The second-order valence-electron chi connectivity index (χ2n) is 3.25. The van der Waals surface area contributed by atoms with Crippen molar-refractivity contribution in [2.75, 3.05) is 10.7 Å². The number of halogens is 1. The van der Waals surface area contributed by atoms with Crippen LogP contribution in [0.15, 0.2) is 21.4 Å². The molecular formula is C9H11BrN6O. The standard InChI is InChI=1S/C9H11BrN6O/c1-5-2-12-6(17-5)3-13-8-7(10)9(16-11)15-4-14-8/h2,4H,3,11H2,1H3,(H2,13,14,15,16). The average molecular weight is 299 g/mol. The average Bonchev–Trinajstić information content (AvgIpc) is 2.74. The molecule has 0 saturated heterocycles. The lowest BCUT2D eigenvalue weighted by molar-refractivity contribution is 0.478. The minimum absolute atomic E-state index is 0.438. The van der Waals surface area contributed by atoms with Gasteiger partial charge in [-0.3, -0.25) is 0 Å². The minimum atomic E-state index is 0.438. The zero-order valence-electron chi connectivity index (χ0n) is 9.07. The quantitative estimate of drug-likeness (QED) is 0.580. The zero-order chi connectivity index (χ0) is 12.3. The van der Waals surface area contributed by atoms with Crippen LogP contribution in [0.25, 0.3) is 0 Å². The number of anilines is 2. The van der Waals surface area contributed by atoms with Crippen LogP contribution >= 0.6 is 15.9 Å². The van der Waals surface area contributed by atoms with Gasteiger partial charge in [-0.1, -0.05) is 0 Å². The topological polar surface area (TPSA) is 102 Å². The van der Waals surface area contributed by atoms with Crippen molar-refractivity contribution in [1.29, 1.82) is 0 Å². The van der Waals surface area contributed by atoms with Gasteiger partial charge in [-0.05, 0) is 22.9 Å². The zero-order valence-corrected chi connectivity index (χ0v) is 10.7. The maximum Gasteiger partial charge on any atom is 0.213 e. The Hall–Kier alpha value is -1.67. The molecule has 0 spiro atoms. The van der Waals surface area contributed by atoms with Gasteiger partial charge in [0.2, 0.25) is 5.89 Å². The van der Waals surface area contributed by atoms with E-state index in [4.69, 9.17) is 10.3 Å². The van der Waals surface area contributed by atoms with E-state index in [1.165, 1.54) is 6.33 Å². The number of nitrogen functional groups attached to an aromatic ring is 1. The van der Waals surface area contributed by atoms with Gasteiger partial charge in [0.05, 0.1) is 12.7 Å². The van der Waals surface area contributed by atoms with Gasteiger partial charge in [0.1, 0.15) is 22.4 Å². The molecular weight excluding hydrogens is 288 g/mol. The van der Waals surface area contributed by atoms with Gasteiger partial charge >= 0.3 is 0 Å². The molecule has 0 saturated carbocycles. The smallest absolute Gasteiger partial charge is 0.213 e. The normalized spacial score (nSPS) is 10.3. The van der Waals surface area contributed by atoms with Crippen LogP contribution in [-0.2, 0) is 6.54 Å². The van der Waals surface area contributed by atoms with Gasteiger partial charge in [-0.2, -0.15) is 0 Å². The lowest BCUT2D eigenvalue weighted by Gasteiger charge is -2.07. The summed E-state index contributed by atoms with van der Waals surface area (Å²) in [5, 5.41) is 3.07. The van der Waals surface area contributed by atoms with Gasteiger partial charge in [0.25, 0.3) is 0 Å². The lowest BCUT2D eigenvalue weighted by Crippen LogP contribution is -2.11. The molecule has 0 aromatic carbocycles. The fourth-order valence-electron chi connectivity index (χ4n) is 1.24. The number of aryl methyl sites for hydroxylation is 1. The Morgan fingerprint density at radius 1 is 1.35 bits per heavy atom. The number of nitrogens with zero attached hydrogens (tertiary/aromatic N) is 3. The molecule has 0 amide bonds. The van der Waals surface area contributed by atoms with Crippen LogP contribution in [0.1, 0.15) is 11.7 Å². The maximum atomic E-state index is 5.33. The maximum absolute atomic E-state index is 5.33. The molecule has 2 aromatic rings. The second kappa shape index (κ2) is 5.11. The summed E-state index contributed by atoms with van der Waals surface area (Å²) in [6.45, 7) is 2.28. The van der Waals surface area contributed by atoms with Gasteiger partial charge in [0.15, 0.2) is 5.82 Å². The van der Waals surface area contributed by atoms with Crippen molar-refractivity contribution in [2.45, 2.75) is 13.5 Å². The molecule has 2 heterocycles. The van der Waals surface area contributed by atoms with E-state index >= 15 is 0 Å². The first-order chi connectivity index (χ1) is 8.20. The number of hydrogen-bond acceptors (Lipinski definition) is 7. The molecule has 8 heteroatoms. The number of oxazole rings is 1. The van der Waals surface area contributed by atoms with Crippen molar-refractivity contribution < 1.29 is 4.42 Å².